The zero-order valence-electron chi connectivity index (χ0n) is 13.6. The lowest BCUT2D eigenvalue weighted by Crippen LogP contribution is -2.39. The molecule has 134 valence electrons. The monoisotopic (exact) mass is 405 g/mol. The van der Waals surface area contributed by atoms with Gasteiger partial charge in [0, 0.05) is 11.6 Å². The van der Waals surface area contributed by atoms with Gasteiger partial charge in [-0.1, -0.05) is 54.3 Å². The lowest BCUT2D eigenvalue weighted by Gasteiger charge is -2.20. The molecule has 0 saturated carbocycles. The Morgan fingerprint density at radius 2 is 1.96 bits per heavy atom. The summed E-state index contributed by atoms with van der Waals surface area (Å²) in [4.78, 5) is 14.6. The molecular formula is C18H15NO4S3. The summed E-state index contributed by atoms with van der Waals surface area (Å²) >= 11 is 6.49. The molecule has 0 aliphatic carbocycles. The van der Waals surface area contributed by atoms with Crippen LogP contribution in [0.1, 0.15) is 12.2 Å². The van der Waals surface area contributed by atoms with E-state index in [1.165, 1.54) is 16.7 Å². The van der Waals surface area contributed by atoms with Crippen LogP contribution in [0.15, 0.2) is 51.8 Å². The number of thioether (sulfide) groups is 1. The molecular weight excluding hydrogens is 390 g/mol. The second kappa shape index (κ2) is 6.68. The number of sulfone groups is 1. The summed E-state index contributed by atoms with van der Waals surface area (Å²) < 4.78 is 29.6. The smallest absolute Gasteiger partial charge is 0.266 e. The van der Waals surface area contributed by atoms with E-state index in [2.05, 4.69) is 0 Å². The number of furan rings is 1. The summed E-state index contributed by atoms with van der Waals surface area (Å²) in [5.41, 5.74) is 0.955. The molecule has 8 heteroatoms. The van der Waals surface area contributed by atoms with Gasteiger partial charge in [0.15, 0.2) is 9.84 Å². The normalized spacial score (nSPS) is 23.9. The maximum absolute atomic E-state index is 12.7. The number of nitrogens with zero attached hydrogens (tertiary/aromatic N) is 1. The predicted molar refractivity (Wildman–Crippen MR) is 106 cm³/mol. The summed E-state index contributed by atoms with van der Waals surface area (Å²) in [6, 6.07) is 13.0. The van der Waals surface area contributed by atoms with E-state index in [-0.39, 0.29) is 23.5 Å². The number of rotatable bonds is 3. The highest BCUT2D eigenvalue weighted by atomic mass is 32.2. The summed E-state index contributed by atoms with van der Waals surface area (Å²) in [5.74, 6) is 1.11. The largest absolute Gasteiger partial charge is 0.457 e. The third kappa shape index (κ3) is 3.36. The first kappa shape index (κ1) is 17.5. The fourth-order valence-corrected chi connectivity index (χ4v) is 6.17. The summed E-state index contributed by atoms with van der Waals surface area (Å²) in [7, 11) is -3.08. The Labute approximate surface area is 161 Å². The Balaban J connectivity index is 1.56. The molecule has 0 radical (unpaired) electrons. The average molecular weight is 406 g/mol. The van der Waals surface area contributed by atoms with Crippen molar-refractivity contribution in [2.75, 3.05) is 11.5 Å². The molecule has 1 atom stereocenters. The van der Waals surface area contributed by atoms with Crippen molar-refractivity contribution in [1.82, 2.24) is 4.90 Å². The maximum atomic E-state index is 12.7. The van der Waals surface area contributed by atoms with Gasteiger partial charge >= 0.3 is 0 Å². The van der Waals surface area contributed by atoms with Crippen LogP contribution in [0.2, 0.25) is 0 Å². The van der Waals surface area contributed by atoms with Gasteiger partial charge in [0.25, 0.3) is 5.91 Å². The van der Waals surface area contributed by atoms with Gasteiger partial charge in [-0.2, -0.15) is 0 Å². The molecule has 1 aromatic heterocycles. The second-order valence-electron chi connectivity index (χ2n) is 6.18. The summed E-state index contributed by atoms with van der Waals surface area (Å²) in [6.07, 6.45) is 2.09. The first-order valence-corrected chi connectivity index (χ1v) is 11.1. The molecule has 5 nitrogen and oxygen atoms in total. The van der Waals surface area contributed by atoms with E-state index in [0.29, 0.717) is 27.2 Å². The fourth-order valence-electron chi connectivity index (χ4n) is 3.09. The van der Waals surface area contributed by atoms with Crippen molar-refractivity contribution in [1.29, 1.82) is 0 Å². The molecule has 1 amide bonds. The Morgan fingerprint density at radius 3 is 2.65 bits per heavy atom. The van der Waals surface area contributed by atoms with E-state index in [9.17, 15) is 13.2 Å². The molecule has 2 aromatic rings. The van der Waals surface area contributed by atoms with Crippen molar-refractivity contribution in [2.45, 2.75) is 12.5 Å². The Kier molecular flexibility index (Phi) is 4.50. The van der Waals surface area contributed by atoms with Crippen molar-refractivity contribution in [3.05, 3.63) is 53.1 Å². The number of thiocarbonyl (C=S) groups is 1. The second-order valence-corrected chi connectivity index (χ2v) is 10.1. The Hall–Kier alpha value is -1.90. The average Bonchev–Trinajstić information content (AvgIpc) is 3.28. The molecule has 2 fully saturated rings. The quantitative estimate of drug-likeness (QED) is 0.576. The topological polar surface area (TPSA) is 67.6 Å². The van der Waals surface area contributed by atoms with Crippen molar-refractivity contribution in [3.8, 4) is 11.3 Å². The molecule has 1 aromatic carbocycles. The lowest BCUT2D eigenvalue weighted by molar-refractivity contribution is -0.123. The number of carbonyl (C=O) groups is 1. The maximum Gasteiger partial charge on any atom is 0.266 e. The molecule has 0 spiro atoms. The van der Waals surface area contributed by atoms with Gasteiger partial charge in [0.1, 0.15) is 15.8 Å². The van der Waals surface area contributed by atoms with E-state index >= 15 is 0 Å². The van der Waals surface area contributed by atoms with Crippen LogP contribution in [0.4, 0.5) is 0 Å². The molecule has 26 heavy (non-hydrogen) atoms. The zero-order chi connectivity index (χ0) is 18.3. The highest BCUT2D eigenvalue weighted by molar-refractivity contribution is 8.26. The molecule has 1 unspecified atom stereocenters. The van der Waals surface area contributed by atoms with Crippen LogP contribution in [-0.2, 0) is 14.6 Å². The van der Waals surface area contributed by atoms with E-state index in [1.54, 1.807) is 12.1 Å². The van der Waals surface area contributed by atoms with E-state index in [1.807, 2.05) is 36.4 Å². The number of benzene rings is 1. The van der Waals surface area contributed by atoms with Crippen LogP contribution in [0.25, 0.3) is 17.4 Å². The van der Waals surface area contributed by atoms with Crippen molar-refractivity contribution in [2.24, 2.45) is 0 Å². The summed E-state index contributed by atoms with van der Waals surface area (Å²) in [6.45, 7) is 0. The highest BCUT2D eigenvalue weighted by Crippen LogP contribution is 2.36. The molecule has 0 bridgehead atoms. The lowest BCUT2D eigenvalue weighted by atomic mass is 10.2. The van der Waals surface area contributed by atoms with Crippen LogP contribution >= 0.6 is 24.0 Å². The van der Waals surface area contributed by atoms with Gasteiger partial charge in [0.05, 0.1) is 22.5 Å². The van der Waals surface area contributed by atoms with Crippen molar-refractivity contribution >= 4 is 50.1 Å². The minimum atomic E-state index is -3.08. The van der Waals surface area contributed by atoms with Crippen molar-refractivity contribution in [3.63, 3.8) is 0 Å². The molecule has 3 heterocycles. The minimum absolute atomic E-state index is 0.0222. The Morgan fingerprint density at radius 1 is 1.19 bits per heavy atom. The number of hydrogen-bond donors (Lipinski definition) is 0. The highest BCUT2D eigenvalue weighted by Gasteiger charge is 2.42. The standard InChI is InChI=1S/C18H15NO4S3/c20-17-16(25-18(24)19(17)13-8-9-26(21,22)11-13)10-14-6-7-15(23-14)12-4-2-1-3-5-12/h1-7,10,13H,8-9,11H2/b16-10+. The zero-order valence-corrected chi connectivity index (χ0v) is 16.1. The number of carbonyl (C=O) groups excluding carboxylic acids is 1. The number of hydrogen-bond acceptors (Lipinski definition) is 6. The van der Waals surface area contributed by atoms with Crippen LogP contribution in [0.3, 0.4) is 0 Å². The van der Waals surface area contributed by atoms with E-state index in [0.717, 1.165) is 5.56 Å². The third-order valence-electron chi connectivity index (χ3n) is 4.36. The van der Waals surface area contributed by atoms with Gasteiger partial charge in [-0.05, 0) is 18.6 Å². The van der Waals surface area contributed by atoms with Crippen molar-refractivity contribution < 1.29 is 17.6 Å². The molecule has 2 aliphatic rings. The third-order valence-corrected chi connectivity index (χ3v) is 7.44. The first-order valence-electron chi connectivity index (χ1n) is 8.06. The predicted octanol–water partition coefficient (Wildman–Crippen LogP) is 3.33. The van der Waals surface area contributed by atoms with Crippen LogP contribution in [0, 0.1) is 0 Å². The van der Waals surface area contributed by atoms with Gasteiger partial charge in [-0.3, -0.25) is 9.69 Å². The fraction of sp³-hybridized carbons (Fsp3) is 0.222. The molecule has 0 N–H and O–H groups in total. The van der Waals surface area contributed by atoms with Gasteiger partial charge in [-0.15, -0.1) is 0 Å². The number of amides is 1. The minimum Gasteiger partial charge on any atom is -0.457 e. The van der Waals surface area contributed by atoms with E-state index in [4.69, 9.17) is 16.6 Å². The van der Waals surface area contributed by atoms with Crippen LogP contribution in [0.5, 0.6) is 0 Å². The van der Waals surface area contributed by atoms with E-state index < -0.39 is 9.84 Å². The van der Waals surface area contributed by atoms with Crippen LogP contribution in [-0.4, -0.2) is 41.1 Å². The van der Waals surface area contributed by atoms with Gasteiger partial charge in [-0.25, -0.2) is 8.42 Å². The Bertz CT molecular complexity index is 1010. The molecule has 2 aliphatic heterocycles. The van der Waals surface area contributed by atoms with Crippen LogP contribution < -0.4 is 0 Å². The molecule has 2 saturated heterocycles. The van der Waals surface area contributed by atoms with Gasteiger partial charge in [0.2, 0.25) is 0 Å². The summed E-state index contributed by atoms with van der Waals surface area (Å²) in [5, 5.41) is 0. The first-order chi connectivity index (χ1) is 12.4. The van der Waals surface area contributed by atoms with Gasteiger partial charge < -0.3 is 4.42 Å². The SMILES string of the molecule is O=C1/C(=C\c2ccc(-c3ccccc3)o2)SC(=S)N1C1CCS(=O)(=O)C1. The molecule has 4 rings (SSSR count).